The van der Waals surface area contributed by atoms with E-state index in [9.17, 15) is 5.26 Å². The Morgan fingerprint density at radius 1 is 1.07 bits per heavy atom. The Morgan fingerprint density at radius 2 is 1.76 bits per heavy atom. The van der Waals surface area contributed by atoms with Crippen LogP contribution in [-0.2, 0) is 5.54 Å². The van der Waals surface area contributed by atoms with E-state index in [2.05, 4.69) is 54.5 Å². The molecule has 2 aromatic rings. The van der Waals surface area contributed by atoms with Crippen LogP contribution in [0.1, 0.15) is 88.7 Å². The highest BCUT2D eigenvalue weighted by atomic mass is 15.6. The first-order chi connectivity index (χ1) is 13.9. The van der Waals surface area contributed by atoms with Gasteiger partial charge in [-0.2, -0.15) is 5.26 Å². The second-order valence-electron chi connectivity index (χ2n) is 10.0. The SMILES string of the molecule is CC(C)(C)n1nnnc1[C@H](c1ccc(C#N)cc1)[NH+]1CCCC2(CCCCC2)C1. The predicted molar refractivity (Wildman–Crippen MR) is 111 cm³/mol. The van der Waals surface area contributed by atoms with Crippen LogP contribution < -0.4 is 4.90 Å². The molecule has 1 aliphatic heterocycles. The average Bonchev–Trinajstić information content (AvgIpc) is 3.19. The molecule has 0 bridgehead atoms. The van der Waals surface area contributed by atoms with Crippen LogP contribution in [0.5, 0.6) is 0 Å². The highest BCUT2D eigenvalue weighted by molar-refractivity contribution is 5.34. The predicted octanol–water partition coefficient (Wildman–Crippen LogP) is 3.02. The van der Waals surface area contributed by atoms with Crippen molar-refractivity contribution < 1.29 is 4.90 Å². The summed E-state index contributed by atoms with van der Waals surface area (Å²) < 4.78 is 1.99. The highest BCUT2D eigenvalue weighted by Gasteiger charge is 2.44. The molecule has 1 saturated carbocycles. The molecule has 154 valence electrons. The highest BCUT2D eigenvalue weighted by Crippen LogP contribution is 2.40. The van der Waals surface area contributed by atoms with Crippen LogP contribution in [0.3, 0.4) is 0 Å². The number of likely N-dealkylation sites (tertiary alicyclic amines) is 1. The van der Waals surface area contributed by atoms with Crippen molar-refractivity contribution in [1.82, 2.24) is 20.2 Å². The van der Waals surface area contributed by atoms with Gasteiger partial charge in [-0.05, 0) is 69.0 Å². The van der Waals surface area contributed by atoms with E-state index in [0.29, 0.717) is 11.0 Å². The van der Waals surface area contributed by atoms with Crippen molar-refractivity contribution in [3.63, 3.8) is 0 Å². The summed E-state index contributed by atoms with van der Waals surface area (Å²) in [5.41, 5.74) is 2.20. The zero-order valence-corrected chi connectivity index (χ0v) is 18.0. The van der Waals surface area contributed by atoms with E-state index in [1.807, 2.05) is 16.8 Å². The summed E-state index contributed by atoms with van der Waals surface area (Å²) >= 11 is 0. The Bertz CT molecular complexity index is 858. The zero-order valence-electron chi connectivity index (χ0n) is 18.0. The van der Waals surface area contributed by atoms with Gasteiger partial charge in [-0.1, -0.05) is 31.4 Å². The summed E-state index contributed by atoms with van der Waals surface area (Å²) in [7, 11) is 0. The molecular weight excluding hydrogens is 360 g/mol. The van der Waals surface area contributed by atoms with Crippen molar-refractivity contribution >= 4 is 0 Å². The van der Waals surface area contributed by atoms with Gasteiger partial charge < -0.3 is 4.90 Å². The Kier molecular flexibility index (Phi) is 5.44. The van der Waals surface area contributed by atoms with Crippen LogP contribution in [-0.4, -0.2) is 33.3 Å². The zero-order chi connectivity index (χ0) is 20.5. The Labute approximate surface area is 173 Å². The van der Waals surface area contributed by atoms with Crippen molar-refractivity contribution in [3.05, 3.63) is 41.2 Å². The maximum absolute atomic E-state index is 9.22. The molecule has 29 heavy (non-hydrogen) atoms. The summed E-state index contributed by atoms with van der Waals surface area (Å²) in [6.45, 7) is 8.78. The van der Waals surface area contributed by atoms with E-state index in [1.165, 1.54) is 57.1 Å². The molecule has 2 heterocycles. The van der Waals surface area contributed by atoms with Crippen LogP contribution >= 0.6 is 0 Å². The van der Waals surface area contributed by atoms with Gasteiger partial charge in [0.05, 0.1) is 30.3 Å². The van der Waals surface area contributed by atoms with Crippen LogP contribution in [0.2, 0.25) is 0 Å². The van der Waals surface area contributed by atoms with E-state index < -0.39 is 0 Å². The first-order valence-corrected chi connectivity index (χ1v) is 11.1. The first-order valence-electron chi connectivity index (χ1n) is 11.1. The lowest BCUT2D eigenvalue weighted by Crippen LogP contribution is -3.15. The minimum absolute atomic E-state index is 0.0936. The summed E-state index contributed by atoms with van der Waals surface area (Å²) in [6, 6.07) is 10.4. The third-order valence-corrected chi connectivity index (χ3v) is 6.89. The van der Waals surface area contributed by atoms with E-state index in [1.54, 1.807) is 4.90 Å². The van der Waals surface area contributed by atoms with Gasteiger partial charge in [-0.3, -0.25) is 0 Å². The maximum Gasteiger partial charge on any atom is 0.214 e. The number of benzene rings is 1. The summed E-state index contributed by atoms with van der Waals surface area (Å²) in [4.78, 5) is 1.57. The lowest BCUT2D eigenvalue weighted by Gasteiger charge is -2.45. The number of hydrogen-bond donors (Lipinski definition) is 1. The van der Waals surface area contributed by atoms with Gasteiger partial charge >= 0.3 is 0 Å². The topological polar surface area (TPSA) is 71.8 Å². The average molecular weight is 394 g/mol. The smallest absolute Gasteiger partial charge is 0.214 e. The lowest BCUT2D eigenvalue weighted by atomic mass is 9.69. The monoisotopic (exact) mass is 393 g/mol. The van der Waals surface area contributed by atoms with Crippen molar-refractivity contribution in [2.75, 3.05) is 13.1 Å². The molecule has 2 aliphatic rings. The van der Waals surface area contributed by atoms with E-state index in [4.69, 9.17) is 0 Å². The summed E-state index contributed by atoms with van der Waals surface area (Å²) in [5.74, 6) is 0.935. The van der Waals surface area contributed by atoms with Crippen molar-refractivity contribution in [1.29, 1.82) is 5.26 Å². The number of nitriles is 1. The molecular formula is C23H33N6+. The number of aromatic nitrogens is 4. The molecule has 1 aromatic heterocycles. The van der Waals surface area contributed by atoms with Gasteiger partial charge in [-0.15, -0.1) is 5.10 Å². The number of tetrazole rings is 1. The first kappa shape index (κ1) is 20.0. The van der Waals surface area contributed by atoms with Gasteiger partial charge in [0, 0.05) is 11.0 Å². The van der Waals surface area contributed by atoms with Gasteiger partial charge in [0.2, 0.25) is 5.82 Å². The van der Waals surface area contributed by atoms with E-state index >= 15 is 0 Å². The van der Waals surface area contributed by atoms with Gasteiger partial charge in [0.15, 0.2) is 6.04 Å². The largest absolute Gasteiger partial charge is 0.322 e. The maximum atomic E-state index is 9.22. The van der Waals surface area contributed by atoms with Crippen molar-refractivity contribution in [2.45, 2.75) is 77.3 Å². The molecule has 1 N–H and O–H groups in total. The van der Waals surface area contributed by atoms with Crippen molar-refractivity contribution in [3.8, 4) is 6.07 Å². The number of nitrogens with one attached hydrogen (secondary N) is 1. The molecule has 1 saturated heterocycles. The normalized spacial score (nSPS) is 22.9. The number of hydrogen-bond acceptors (Lipinski definition) is 4. The van der Waals surface area contributed by atoms with Crippen LogP contribution in [0.4, 0.5) is 0 Å². The minimum Gasteiger partial charge on any atom is -0.322 e. The summed E-state index contributed by atoms with van der Waals surface area (Å²) in [6.07, 6.45) is 9.48. The number of nitrogens with zero attached hydrogens (tertiary/aromatic N) is 5. The van der Waals surface area contributed by atoms with Gasteiger partial charge in [-0.25, -0.2) is 4.68 Å². The number of quaternary nitrogens is 1. The second kappa shape index (κ2) is 7.87. The minimum atomic E-state index is -0.179. The summed E-state index contributed by atoms with van der Waals surface area (Å²) in [5, 5.41) is 22.2. The van der Waals surface area contributed by atoms with Gasteiger partial charge in [0.25, 0.3) is 0 Å². The quantitative estimate of drug-likeness (QED) is 0.870. The Morgan fingerprint density at radius 3 is 2.41 bits per heavy atom. The van der Waals surface area contributed by atoms with E-state index in [0.717, 1.165) is 12.4 Å². The van der Waals surface area contributed by atoms with Crippen LogP contribution in [0, 0.1) is 16.7 Å². The fourth-order valence-electron chi connectivity index (χ4n) is 5.49. The molecule has 0 amide bonds. The molecule has 2 fully saturated rings. The number of piperidine rings is 1. The molecule has 6 nitrogen and oxygen atoms in total. The second-order valence-corrected chi connectivity index (χ2v) is 10.0. The molecule has 1 spiro atoms. The lowest BCUT2D eigenvalue weighted by molar-refractivity contribution is -0.938. The third-order valence-electron chi connectivity index (χ3n) is 6.89. The van der Waals surface area contributed by atoms with Crippen LogP contribution in [0.15, 0.2) is 24.3 Å². The molecule has 2 atom stereocenters. The van der Waals surface area contributed by atoms with E-state index in [-0.39, 0.29) is 11.6 Å². The molecule has 0 radical (unpaired) electrons. The molecule has 6 heteroatoms. The van der Waals surface area contributed by atoms with Crippen molar-refractivity contribution in [2.24, 2.45) is 5.41 Å². The molecule has 1 unspecified atom stereocenters. The standard InChI is InChI=1S/C23H32N6/c1-22(2,3)29-21(25-26-27-29)20(19-10-8-18(16-24)9-11-19)28-15-7-14-23(17-28)12-5-4-6-13-23/h8-11,20H,4-7,12-15,17H2,1-3H3/p+1/t20-/m0/s1. The fourth-order valence-corrected chi connectivity index (χ4v) is 5.49. The molecule has 1 aromatic carbocycles. The third kappa shape index (κ3) is 4.06. The Hall–Kier alpha value is -2.26. The molecule has 1 aliphatic carbocycles. The number of rotatable bonds is 3. The van der Waals surface area contributed by atoms with Gasteiger partial charge in [0.1, 0.15) is 0 Å². The fraction of sp³-hybridized carbons (Fsp3) is 0.652. The molecule has 4 rings (SSSR count). The van der Waals surface area contributed by atoms with Crippen LogP contribution in [0.25, 0.3) is 0 Å². The Balaban J connectivity index is 1.74.